The normalized spacial score (nSPS) is 10.8. The third kappa shape index (κ3) is 4.28. The lowest BCUT2D eigenvalue weighted by molar-refractivity contribution is -0.132. The van der Waals surface area contributed by atoms with Crippen molar-refractivity contribution >= 4 is 28.5 Å². The Hall–Kier alpha value is -2.86. The van der Waals surface area contributed by atoms with Crippen LogP contribution in [0.1, 0.15) is 11.1 Å². The van der Waals surface area contributed by atoms with Crippen molar-refractivity contribution in [3.8, 4) is 5.75 Å². The number of nitrogens with zero attached hydrogens (tertiary/aromatic N) is 1. The number of aryl methyl sites for hydroxylation is 1. The van der Waals surface area contributed by atoms with Gasteiger partial charge in [-0.3, -0.25) is 4.79 Å². The fourth-order valence-electron chi connectivity index (χ4n) is 2.65. The molecule has 0 saturated carbocycles. The molecular weight excluding hydrogens is 373 g/mol. The zero-order valence-electron chi connectivity index (χ0n) is 14.8. The molecule has 0 N–H and O–H groups in total. The Balaban J connectivity index is 1.72. The van der Waals surface area contributed by atoms with Crippen molar-refractivity contribution < 1.29 is 18.3 Å². The summed E-state index contributed by atoms with van der Waals surface area (Å²) in [7, 11) is 1.56. The molecule has 0 unspecified atom stereocenters. The van der Waals surface area contributed by atoms with E-state index >= 15 is 0 Å². The van der Waals surface area contributed by atoms with Crippen molar-refractivity contribution in [3.05, 3.63) is 74.9 Å². The summed E-state index contributed by atoms with van der Waals surface area (Å²) in [6.07, 6.45) is 0. The molecule has 0 atom stereocenters. The first-order valence-electron chi connectivity index (χ1n) is 8.19. The summed E-state index contributed by atoms with van der Waals surface area (Å²) in [5, 5.41) is 0.985. The van der Waals surface area contributed by atoms with E-state index < -0.39 is 5.63 Å². The lowest BCUT2D eigenvalue weighted by Gasteiger charge is -2.18. The molecule has 7 heteroatoms. The standard InChI is InChI=1S/C20H17ClFNO4/c1-12-7-20(25)27-17-9-18(15(21)8-14(12)17)26-11-19(24)23(2)10-13-5-3-4-6-16(13)22/h3-9H,10-11H2,1-2H3. The van der Waals surface area contributed by atoms with Crippen LogP contribution in [-0.4, -0.2) is 24.5 Å². The highest BCUT2D eigenvalue weighted by Crippen LogP contribution is 2.31. The fraction of sp³-hybridized carbons (Fsp3) is 0.200. The van der Waals surface area contributed by atoms with Gasteiger partial charge in [0.2, 0.25) is 0 Å². The quantitative estimate of drug-likeness (QED) is 0.620. The number of fused-ring (bicyclic) bond motifs is 1. The number of hydrogen-bond donors (Lipinski definition) is 0. The number of ether oxygens (including phenoxy) is 1. The zero-order chi connectivity index (χ0) is 19.6. The lowest BCUT2D eigenvalue weighted by Crippen LogP contribution is -2.31. The molecule has 0 aliphatic rings. The minimum absolute atomic E-state index is 0.119. The van der Waals surface area contributed by atoms with E-state index in [1.807, 2.05) is 0 Å². The molecule has 0 radical (unpaired) electrons. The SMILES string of the molecule is Cc1cc(=O)oc2cc(OCC(=O)N(C)Cc3ccccc3F)c(Cl)cc12. The summed E-state index contributed by atoms with van der Waals surface area (Å²) in [5.41, 5.74) is 0.991. The molecule has 0 bridgehead atoms. The molecule has 3 aromatic rings. The van der Waals surface area contributed by atoms with Crippen LogP contribution in [0.5, 0.6) is 5.75 Å². The molecule has 0 saturated heterocycles. The average Bonchev–Trinajstić information content (AvgIpc) is 2.62. The number of carbonyl (C=O) groups excluding carboxylic acids is 1. The van der Waals surface area contributed by atoms with Gasteiger partial charge in [0.05, 0.1) is 5.02 Å². The topological polar surface area (TPSA) is 59.8 Å². The predicted octanol–water partition coefficient (Wildman–Crippen LogP) is 3.93. The van der Waals surface area contributed by atoms with Crippen molar-refractivity contribution in [1.82, 2.24) is 4.90 Å². The third-order valence-electron chi connectivity index (χ3n) is 4.15. The Morgan fingerprint density at radius 2 is 2.00 bits per heavy atom. The number of hydrogen-bond acceptors (Lipinski definition) is 4. The first kappa shape index (κ1) is 18.9. The average molecular weight is 390 g/mol. The van der Waals surface area contributed by atoms with Gasteiger partial charge in [-0.2, -0.15) is 0 Å². The maximum Gasteiger partial charge on any atom is 0.336 e. The lowest BCUT2D eigenvalue weighted by atomic mass is 10.1. The Kier molecular flexibility index (Phi) is 5.46. The monoisotopic (exact) mass is 389 g/mol. The van der Waals surface area contributed by atoms with Crippen LogP contribution in [-0.2, 0) is 11.3 Å². The van der Waals surface area contributed by atoms with E-state index in [0.717, 1.165) is 5.56 Å². The van der Waals surface area contributed by atoms with Gasteiger partial charge in [0.1, 0.15) is 17.1 Å². The van der Waals surface area contributed by atoms with E-state index in [1.165, 1.54) is 23.1 Å². The molecule has 0 aliphatic carbocycles. The van der Waals surface area contributed by atoms with E-state index in [0.29, 0.717) is 21.6 Å². The second-order valence-corrected chi connectivity index (χ2v) is 6.56. The minimum Gasteiger partial charge on any atom is -0.482 e. The number of amides is 1. The van der Waals surface area contributed by atoms with Crippen LogP contribution in [0.25, 0.3) is 11.0 Å². The number of benzene rings is 2. The maximum atomic E-state index is 13.7. The summed E-state index contributed by atoms with van der Waals surface area (Å²) in [6, 6.07) is 10.7. The molecule has 1 aromatic heterocycles. The molecule has 27 heavy (non-hydrogen) atoms. The van der Waals surface area contributed by atoms with Gasteiger partial charge in [-0.1, -0.05) is 29.8 Å². The number of carbonyl (C=O) groups is 1. The van der Waals surface area contributed by atoms with Crippen molar-refractivity contribution in [3.63, 3.8) is 0 Å². The van der Waals surface area contributed by atoms with Gasteiger partial charge >= 0.3 is 5.63 Å². The summed E-state index contributed by atoms with van der Waals surface area (Å²) in [6.45, 7) is 1.61. The second kappa shape index (κ2) is 7.80. The van der Waals surface area contributed by atoms with E-state index in [4.69, 9.17) is 20.8 Å². The molecule has 2 aromatic carbocycles. The Labute approximate surface area is 159 Å². The highest BCUT2D eigenvalue weighted by atomic mass is 35.5. The van der Waals surface area contributed by atoms with Crippen LogP contribution in [0.3, 0.4) is 0 Å². The van der Waals surface area contributed by atoms with E-state index in [1.54, 1.807) is 38.2 Å². The van der Waals surface area contributed by atoms with E-state index in [2.05, 4.69) is 0 Å². The third-order valence-corrected chi connectivity index (χ3v) is 4.44. The second-order valence-electron chi connectivity index (χ2n) is 6.16. The molecule has 0 fully saturated rings. The van der Waals surface area contributed by atoms with Gasteiger partial charge in [-0.05, 0) is 24.6 Å². The molecule has 140 valence electrons. The molecule has 0 spiro atoms. The van der Waals surface area contributed by atoms with E-state index in [9.17, 15) is 14.0 Å². The first-order valence-corrected chi connectivity index (χ1v) is 8.57. The van der Waals surface area contributed by atoms with Gasteiger partial charge in [-0.15, -0.1) is 0 Å². The predicted molar refractivity (Wildman–Crippen MR) is 101 cm³/mol. The van der Waals surface area contributed by atoms with Gasteiger partial charge in [0, 0.05) is 36.7 Å². The summed E-state index contributed by atoms with van der Waals surface area (Å²) in [4.78, 5) is 25.2. The molecule has 1 amide bonds. The Morgan fingerprint density at radius 3 is 2.74 bits per heavy atom. The van der Waals surface area contributed by atoms with Crippen LogP contribution >= 0.6 is 11.6 Å². The van der Waals surface area contributed by atoms with Gasteiger partial charge in [-0.25, -0.2) is 9.18 Å². The summed E-state index contributed by atoms with van der Waals surface area (Å²) in [5.74, 6) is -0.494. The summed E-state index contributed by atoms with van der Waals surface area (Å²) < 4.78 is 24.4. The van der Waals surface area contributed by atoms with Crippen LogP contribution in [0.2, 0.25) is 5.02 Å². The van der Waals surface area contributed by atoms with Crippen LogP contribution in [0.15, 0.2) is 51.7 Å². The molecule has 3 rings (SSSR count). The van der Waals surface area contributed by atoms with Crippen LogP contribution < -0.4 is 10.4 Å². The largest absolute Gasteiger partial charge is 0.482 e. The van der Waals surface area contributed by atoms with Gasteiger partial charge < -0.3 is 14.1 Å². The summed E-state index contributed by atoms with van der Waals surface area (Å²) >= 11 is 6.21. The van der Waals surface area contributed by atoms with Gasteiger partial charge in [0.15, 0.2) is 6.61 Å². The van der Waals surface area contributed by atoms with Crippen LogP contribution in [0, 0.1) is 12.7 Å². The Bertz CT molecular complexity index is 1060. The highest BCUT2D eigenvalue weighted by Gasteiger charge is 2.14. The highest BCUT2D eigenvalue weighted by molar-refractivity contribution is 6.32. The first-order chi connectivity index (χ1) is 12.8. The smallest absolute Gasteiger partial charge is 0.336 e. The van der Waals surface area contributed by atoms with Crippen molar-refractivity contribution in [2.45, 2.75) is 13.5 Å². The van der Waals surface area contributed by atoms with Crippen molar-refractivity contribution in [1.29, 1.82) is 0 Å². The molecule has 0 aliphatic heterocycles. The maximum absolute atomic E-state index is 13.7. The fourth-order valence-corrected chi connectivity index (χ4v) is 2.87. The zero-order valence-corrected chi connectivity index (χ0v) is 15.5. The van der Waals surface area contributed by atoms with E-state index in [-0.39, 0.29) is 30.6 Å². The van der Waals surface area contributed by atoms with Gasteiger partial charge in [0.25, 0.3) is 5.91 Å². The molecular formula is C20H17ClFNO4. The number of likely N-dealkylation sites (N-methyl/N-ethyl adjacent to an activating group) is 1. The number of rotatable bonds is 5. The van der Waals surface area contributed by atoms with Crippen LogP contribution in [0.4, 0.5) is 4.39 Å². The molecule has 1 heterocycles. The molecule has 5 nitrogen and oxygen atoms in total. The minimum atomic E-state index is -0.478. The van der Waals surface area contributed by atoms with Crippen molar-refractivity contribution in [2.24, 2.45) is 0 Å². The number of halogens is 2. The Morgan fingerprint density at radius 1 is 1.26 bits per heavy atom. The van der Waals surface area contributed by atoms with Crippen molar-refractivity contribution in [2.75, 3.05) is 13.7 Å².